The standard InChI is InChI=1S/C10H10N4OS/c1-6-8(4-11)7(13)14-10(9(6,8)5-12)15-2-3-16-10/h6H,2-3H2,1H3,(H2,13,14)/t6-,8+,9+,10+/m0/s1. The molecule has 0 bridgehead atoms. The van der Waals surface area contributed by atoms with Gasteiger partial charge in [-0.1, -0.05) is 18.7 Å². The van der Waals surface area contributed by atoms with Crippen LogP contribution < -0.4 is 5.73 Å². The van der Waals surface area contributed by atoms with Gasteiger partial charge >= 0.3 is 0 Å². The van der Waals surface area contributed by atoms with Crippen molar-refractivity contribution in [2.24, 2.45) is 27.5 Å². The van der Waals surface area contributed by atoms with Crippen LogP contribution in [0.25, 0.3) is 0 Å². The van der Waals surface area contributed by atoms with Crippen LogP contribution in [0, 0.1) is 39.4 Å². The number of amidine groups is 1. The Morgan fingerprint density at radius 3 is 2.75 bits per heavy atom. The fraction of sp³-hybridized carbons (Fsp3) is 0.700. The lowest BCUT2D eigenvalue weighted by Crippen LogP contribution is -2.34. The van der Waals surface area contributed by atoms with E-state index in [0.29, 0.717) is 6.61 Å². The van der Waals surface area contributed by atoms with Crippen LogP contribution >= 0.6 is 11.8 Å². The summed E-state index contributed by atoms with van der Waals surface area (Å²) in [6.07, 6.45) is 0. The molecule has 1 saturated heterocycles. The molecule has 3 aliphatic rings. The molecule has 0 amide bonds. The Bertz CT molecular complexity index is 484. The summed E-state index contributed by atoms with van der Waals surface area (Å²) in [5, 5.41) is 17.8. The van der Waals surface area contributed by atoms with E-state index in [4.69, 9.17) is 10.5 Å². The highest BCUT2D eigenvalue weighted by Crippen LogP contribution is 2.80. The molecule has 1 saturated carbocycles. The van der Waals surface area contributed by atoms with E-state index in [0.717, 1.165) is 5.75 Å². The molecule has 0 aromatic carbocycles. The third kappa shape index (κ3) is 0.634. The van der Waals surface area contributed by atoms with Gasteiger partial charge in [0, 0.05) is 11.7 Å². The quantitative estimate of drug-likeness (QED) is 0.656. The third-order valence-electron chi connectivity index (χ3n) is 4.04. The first-order valence-electron chi connectivity index (χ1n) is 5.07. The molecule has 0 unspecified atom stereocenters. The molecule has 5 nitrogen and oxygen atoms in total. The lowest BCUT2D eigenvalue weighted by molar-refractivity contribution is 0.0177. The maximum absolute atomic E-state index is 9.45. The van der Waals surface area contributed by atoms with Gasteiger partial charge in [0.15, 0.2) is 0 Å². The molecule has 1 aliphatic carbocycles. The van der Waals surface area contributed by atoms with Crippen LogP contribution in [0.2, 0.25) is 0 Å². The topological polar surface area (TPSA) is 95.2 Å². The van der Waals surface area contributed by atoms with Crippen LogP contribution in [0.5, 0.6) is 0 Å². The number of thioether (sulfide) groups is 1. The second-order valence-electron chi connectivity index (χ2n) is 4.34. The summed E-state index contributed by atoms with van der Waals surface area (Å²) >= 11 is 1.48. The van der Waals surface area contributed by atoms with E-state index in [1.54, 1.807) is 0 Å². The number of ether oxygens (including phenoxy) is 1. The normalized spacial score (nSPS) is 52.9. The number of nitrogens with zero attached hydrogens (tertiary/aromatic N) is 3. The minimum Gasteiger partial charge on any atom is -0.386 e. The van der Waals surface area contributed by atoms with Gasteiger partial charge in [-0.2, -0.15) is 10.5 Å². The maximum atomic E-state index is 9.45. The molecule has 0 radical (unpaired) electrons. The van der Waals surface area contributed by atoms with Gasteiger partial charge in [-0.15, -0.1) is 0 Å². The van der Waals surface area contributed by atoms with E-state index in [9.17, 15) is 10.5 Å². The Morgan fingerprint density at radius 2 is 2.31 bits per heavy atom. The molecule has 3 rings (SSSR count). The molecule has 16 heavy (non-hydrogen) atoms. The number of rotatable bonds is 0. The van der Waals surface area contributed by atoms with Crippen molar-refractivity contribution in [3.63, 3.8) is 0 Å². The van der Waals surface area contributed by atoms with E-state index < -0.39 is 15.9 Å². The zero-order chi connectivity index (χ0) is 11.6. The fourth-order valence-corrected chi connectivity index (χ4v) is 4.52. The van der Waals surface area contributed by atoms with Gasteiger partial charge in [-0.05, 0) is 0 Å². The molecular formula is C10H10N4OS. The molecule has 1 spiro atoms. The highest BCUT2D eigenvalue weighted by Gasteiger charge is 2.91. The van der Waals surface area contributed by atoms with Crippen molar-refractivity contribution >= 4 is 17.6 Å². The summed E-state index contributed by atoms with van der Waals surface area (Å²) in [5.41, 5.74) is 4.03. The summed E-state index contributed by atoms with van der Waals surface area (Å²) in [6, 6.07) is 4.44. The van der Waals surface area contributed by atoms with E-state index in [1.807, 2.05) is 6.92 Å². The molecule has 4 atom stereocenters. The average Bonchev–Trinajstić information content (AvgIpc) is 2.61. The SMILES string of the molecule is C[C@@H]1[C@@]2(C#N)[C@@]3(N=C(N)[C@@]12C#N)OCCS3. The van der Waals surface area contributed by atoms with Crippen LogP contribution in [0.1, 0.15) is 6.92 Å². The van der Waals surface area contributed by atoms with Crippen molar-refractivity contribution < 1.29 is 4.74 Å². The first-order valence-corrected chi connectivity index (χ1v) is 6.06. The first kappa shape index (κ1) is 9.95. The van der Waals surface area contributed by atoms with Crippen LogP contribution in [-0.4, -0.2) is 23.3 Å². The van der Waals surface area contributed by atoms with Crippen LogP contribution in [0.15, 0.2) is 4.99 Å². The van der Waals surface area contributed by atoms with Crippen LogP contribution in [0.3, 0.4) is 0 Å². The summed E-state index contributed by atoms with van der Waals surface area (Å²) < 4.78 is 5.64. The van der Waals surface area contributed by atoms with Crippen molar-refractivity contribution in [3.8, 4) is 12.1 Å². The summed E-state index contributed by atoms with van der Waals surface area (Å²) in [7, 11) is 0. The van der Waals surface area contributed by atoms with Crippen LogP contribution in [-0.2, 0) is 4.74 Å². The van der Waals surface area contributed by atoms with Crippen molar-refractivity contribution in [3.05, 3.63) is 0 Å². The number of fused-ring (bicyclic) bond motifs is 2. The molecule has 2 N–H and O–H groups in total. The number of nitrogens with two attached hydrogens (primary N) is 1. The summed E-state index contributed by atoms with van der Waals surface area (Å²) in [4.78, 5) is 4.28. The van der Waals surface area contributed by atoms with Gasteiger partial charge in [0.05, 0.1) is 18.7 Å². The molecule has 2 heterocycles. The molecule has 6 heteroatoms. The number of nitriles is 2. The Morgan fingerprint density at radius 1 is 1.56 bits per heavy atom. The van der Waals surface area contributed by atoms with Crippen molar-refractivity contribution in [1.82, 2.24) is 0 Å². The molecule has 2 fully saturated rings. The van der Waals surface area contributed by atoms with Crippen molar-refractivity contribution in [2.45, 2.75) is 12.0 Å². The monoisotopic (exact) mass is 234 g/mol. The van der Waals surface area contributed by atoms with Gasteiger partial charge < -0.3 is 10.5 Å². The van der Waals surface area contributed by atoms with E-state index in [1.165, 1.54) is 11.8 Å². The van der Waals surface area contributed by atoms with Gasteiger partial charge in [0.1, 0.15) is 16.7 Å². The molecule has 2 aliphatic heterocycles. The lowest BCUT2D eigenvalue weighted by atomic mass is 9.95. The van der Waals surface area contributed by atoms with E-state index in [2.05, 4.69) is 17.1 Å². The minimum absolute atomic E-state index is 0.113. The summed E-state index contributed by atoms with van der Waals surface area (Å²) in [5.74, 6) is 0.936. The van der Waals surface area contributed by atoms with Crippen molar-refractivity contribution in [1.29, 1.82) is 10.5 Å². The molecule has 0 aromatic rings. The third-order valence-corrected chi connectivity index (χ3v) is 5.33. The smallest absolute Gasteiger partial charge is 0.230 e. The highest BCUT2D eigenvalue weighted by molar-refractivity contribution is 8.00. The fourth-order valence-electron chi connectivity index (χ4n) is 3.13. The molecule has 82 valence electrons. The first-order chi connectivity index (χ1) is 7.61. The van der Waals surface area contributed by atoms with E-state index >= 15 is 0 Å². The van der Waals surface area contributed by atoms with Gasteiger partial charge in [0.2, 0.25) is 5.06 Å². The van der Waals surface area contributed by atoms with Crippen molar-refractivity contribution in [2.75, 3.05) is 12.4 Å². The number of hydrogen-bond acceptors (Lipinski definition) is 6. The zero-order valence-electron chi connectivity index (χ0n) is 8.73. The predicted octanol–water partition coefficient (Wildman–Crippen LogP) is 0.444. The lowest BCUT2D eigenvalue weighted by Gasteiger charge is -2.25. The zero-order valence-corrected chi connectivity index (χ0v) is 9.54. The highest BCUT2D eigenvalue weighted by atomic mass is 32.2. The molecule has 0 aromatic heterocycles. The Balaban J connectivity index is 2.22. The van der Waals surface area contributed by atoms with Gasteiger partial charge in [-0.3, -0.25) is 0 Å². The number of aliphatic imine (C=N–C) groups is 1. The Kier molecular flexibility index (Phi) is 1.57. The van der Waals surface area contributed by atoms with Gasteiger partial charge in [0.25, 0.3) is 0 Å². The van der Waals surface area contributed by atoms with Crippen LogP contribution in [0.4, 0.5) is 0 Å². The second kappa shape index (κ2) is 2.53. The largest absolute Gasteiger partial charge is 0.386 e. The number of hydrogen-bond donors (Lipinski definition) is 1. The van der Waals surface area contributed by atoms with E-state index in [-0.39, 0.29) is 11.8 Å². The average molecular weight is 234 g/mol. The molecular weight excluding hydrogens is 224 g/mol. The predicted molar refractivity (Wildman–Crippen MR) is 58.0 cm³/mol. The van der Waals surface area contributed by atoms with Gasteiger partial charge in [-0.25, -0.2) is 4.99 Å². The Labute approximate surface area is 97.3 Å². The summed E-state index contributed by atoms with van der Waals surface area (Å²) in [6.45, 7) is 2.43. The Hall–Kier alpha value is -1.24. The maximum Gasteiger partial charge on any atom is 0.230 e. The second-order valence-corrected chi connectivity index (χ2v) is 5.59. The minimum atomic E-state index is -0.931.